The molecule has 0 atom stereocenters. The Bertz CT molecular complexity index is 410. The van der Waals surface area contributed by atoms with E-state index in [0.717, 1.165) is 6.54 Å². The van der Waals surface area contributed by atoms with Gasteiger partial charge in [-0.25, -0.2) is 8.42 Å². The number of nitrogens with one attached hydrogen (secondary N) is 2. The molecule has 0 aliphatic heterocycles. The van der Waals surface area contributed by atoms with Gasteiger partial charge in [0.2, 0.25) is 10.0 Å². The Morgan fingerprint density at radius 1 is 1.44 bits per heavy atom. The average Bonchev–Trinajstić information content (AvgIpc) is 2.91. The average molecular weight is 260 g/mol. The van der Waals surface area contributed by atoms with Crippen LogP contribution in [0.25, 0.3) is 0 Å². The zero-order chi connectivity index (χ0) is 11.4. The van der Waals surface area contributed by atoms with E-state index in [-0.39, 0.29) is 5.75 Å². The number of hydrogen-bond acceptors (Lipinski definition) is 4. The molecule has 2 rings (SSSR count). The molecule has 1 fully saturated rings. The van der Waals surface area contributed by atoms with E-state index < -0.39 is 10.0 Å². The lowest BCUT2D eigenvalue weighted by Gasteiger charge is -2.06. The third-order valence-electron chi connectivity index (χ3n) is 2.39. The van der Waals surface area contributed by atoms with Crippen molar-refractivity contribution < 1.29 is 8.42 Å². The highest BCUT2D eigenvalue weighted by molar-refractivity contribution is 7.92. The van der Waals surface area contributed by atoms with Crippen LogP contribution >= 0.6 is 11.3 Å². The lowest BCUT2D eigenvalue weighted by Crippen LogP contribution is -2.23. The summed E-state index contributed by atoms with van der Waals surface area (Å²) in [5.74, 6) is 0.183. The van der Waals surface area contributed by atoms with E-state index in [4.69, 9.17) is 0 Å². The van der Waals surface area contributed by atoms with Gasteiger partial charge in [-0.05, 0) is 37.3 Å². The summed E-state index contributed by atoms with van der Waals surface area (Å²) in [7, 11) is -3.17. The topological polar surface area (TPSA) is 58.2 Å². The van der Waals surface area contributed by atoms with Crippen LogP contribution in [0.2, 0.25) is 0 Å². The summed E-state index contributed by atoms with van der Waals surface area (Å²) in [4.78, 5) is 0. The minimum absolute atomic E-state index is 0.183. The van der Waals surface area contributed by atoms with Gasteiger partial charge in [-0.1, -0.05) is 0 Å². The molecule has 0 bridgehead atoms. The van der Waals surface area contributed by atoms with Crippen molar-refractivity contribution in [2.45, 2.75) is 25.3 Å². The van der Waals surface area contributed by atoms with Crippen molar-refractivity contribution >= 4 is 27.0 Å². The van der Waals surface area contributed by atoms with Crippen molar-refractivity contribution in [3.63, 3.8) is 0 Å². The summed E-state index contributed by atoms with van der Waals surface area (Å²) in [6.45, 7) is 0.787. The summed E-state index contributed by atoms with van der Waals surface area (Å²) >= 11 is 1.48. The Balaban J connectivity index is 1.69. The monoisotopic (exact) mass is 260 g/mol. The molecule has 4 nitrogen and oxygen atoms in total. The van der Waals surface area contributed by atoms with Crippen LogP contribution in [0.5, 0.6) is 0 Å². The van der Waals surface area contributed by atoms with Gasteiger partial charge in [-0.15, -0.1) is 0 Å². The highest BCUT2D eigenvalue weighted by Crippen LogP contribution is 2.18. The Hall–Kier alpha value is -0.590. The summed E-state index contributed by atoms with van der Waals surface area (Å²) in [6, 6.07) is 2.41. The molecular weight excluding hydrogens is 244 g/mol. The first-order valence-electron chi connectivity index (χ1n) is 5.42. The van der Waals surface area contributed by atoms with Crippen LogP contribution in [0.3, 0.4) is 0 Å². The molecule has 16 heavy (non-hydrogen) atoms. The second-order valence-electron chi connectivity index (χ2n) is 4.01. The molecule has 0 amide bonds. The molecule has 0 saturated heterocycles. The minimum atomic E-state index is -3.17. The van der Waals surface area contributed by atoms with E-state index >= 15 is 0 Å². The highest BCUT2D eigenvalue weighted by Gasteiger charge is 2.20. The van der Waals surface area contributed by atoms with E-state index in [1.165, 1.54) is 24.2 Å². The zero-order valence-corrected chi connectivity index (χ0v) is 10.6. The molecule has 0 aromatic carbocycles. The van der Waals surface area contributed by atoms with Gasteiger partial charge in [-0.2, -0.15) is 11.3 Å². The van der Waals surface area contributed by atoms with E-state index in [9.17, 15) is 8.42 Å². The van der Waals surface area contributed by atoms with Gasteiger partial charge >= 0.3 is 0 Å². The fourth-order valence-corrected chi connectivity index (χ4v) is 3.18. The lowest BCUT2D eigenvalue weighted by molar-refractivity contribution is 0.593. The van der Waals surface area contributed by atoms with Crippen LogP contribution in [-0.2, 0) is 10.0 Å². The van der Waals surface area contributed by atoms with Crippen molar-refractivity contribution in [1.29, 1.82) is 0 Å². The number of hydrogen-bond donors (Lipinski definition) is 2. The van der Waals surface area contributed by atoms with Crippen molar-refractivity contribution in [3.8, 4) is 0 Å². The number of sulfonamides is 1. The molecule has 0 radical (unpaired) electrons. The van der Waals surface area contributed by atoms with E-state index in [1.807, 2.05) is 5.38 Å². The van der Waals surface area contributed by atoms with E-state index in [0.29, 0.717) is 18.2 Å². The first kappa shape index (κ1) is 11.9. The van der Waals surface area contributed by atoms with Gasteiger partial charge in [0.15, 0.2) is 0 Å². The summed E-state index contributed by atoms with van der Waals surface area (Å²) in [5, 5.41) is 6.94. The zero-order valence-electron chi connectivity index (χ0n) is 8.98. The lowest BCUT2D eigenvalue weighted by atomic mass is 10.5. The second kappa shape index (κ2) is 5.16. The van der Waals surface area contributed by atoms with Crippen LogP contribution in [-0.4, -0.2) is 26.8 Å². The van der Waals surface area contributed by atoms with Gasteiger partial charge in [0, 0.05) is 11.4 Å². The third kappa shape index (κ3) is 4.11. The van der Waals surface area contributed by atoms with Crippen LogP contribution in [0.15, 0.2) is 16.8 Å². The van der Waals surface area contributed by atoms with Crippen LogP contribution < -0.4 is 10.0 Å². The number of thiophene rings is 1. The number of anilines is 1. The van der Waals surface area contributed by atoms with Gasteiger partial charge in [0.1, 0.15) is 0 Å². The smallest absolute Gasteiger partial charge is 0.232 e. The van der Waals surface area contributed by atoms with Crippen molar-refractivity contribution in [1.82, 2.24) is 5.32 Å². The standard InChI is InChI=1S/C10H16N2O2S2/c13-16(14,12-10-4-6-15-8-10)7-1-5-11-9-2-3-9/h4,6,8-9,11-12H,1-3,5,7H2. The van der Waals surface area contributed by atoms with Gasteiger partial charge < -0.3 is 5.32 Å². The van der Waals surface area contributed by atoms with Crippen LogP contribution in [0.1, 0.15) is 19.3 Å². The van der Waals surface area contributed by atoms with Crippen molar-refractivity contribution in [3.05, 3.63) is 16.8 Å². The number of rotatable bonds is 7. The molecule has 0 unspecified atom stereocenters. The molecule has 1 heterocycles. The summed E-state index contributed by atoms with van der Waals surface area (Å²) in [5.41, 5.74) is 0.667. The minimum Gasteiger partial charge on any atom is -0.314 e. The predicted molar refractivity (Wildman–Crippen MR) is 67.4 cm³/mol. The third-order valence-corrected chi connectivity index (χ3v) is 4.45. The summed E-state index contributed by atoms with van der Waals surface area (Å²) < 4.78 is 25.8. The molecule has 0 spiro atoms. The molecule has 1 aromatic rings. The SMILES string of the molecule is O=S(=O)(CCCNC1CC1)Nc1ccsc1. The Morgan fingerprint density at radius 2 is 2.25 bits per heavy atom. The fraction of sp³-hybridized carbons (Fsp3) is 0.600. The molecule has 1 aromatic heterocycles. The maximum atomic E-state index is 11.6. The second-order valence-corrected chi connectivity index (χ2v) is 6.64. The molecular formula is C10H16N2O2S2. The molecule has 1 aliphatic carbocycles. The molecule has 2 N–H and O–H groups in total. The largest absolute Gasteiger partial charge is 0.314 e. The Kier molecular flexibility index (Phi) is 3.83. The Labute approximate surface area is 100 Å². The quantitative estimate of drug-likeness (QED) is 0.733. The molecule has 1 saturated carbocycles. The highest BCUT2D eigenvalue weighted by atomic mass is 32.2. The summed E-state index contributed by atoms with van der Waals surface area (Å²) in [6.07, 6.45) is 3.13. The van der Waals surface area contributed by atoms with Crippen molar-refractivity contribution in [2.75, 3.05) is 17.0 Å². The van der Waals surface area contributed by atoms with Crippen LogP contribution in [0, 0.1) is 0 Å². The van der Waals surface area contributed by atoms with Gasteiger partial charge in [0.05, 0.1) is 11.4 Å². The predicted octanol–water partition coefficient (Wildman–Crippen LogP) is 1.63. The maximum absolute atomic E-state index is 11.6. The van der Waals surface area contributed by atoms with Gasteiger partial charge in [-0.3, -0.25) is 4.72 Å². The molecule has 6 heteroatoms. The fourth-order valence-electron chi connectivity index (χ4n) is 1.41. The van der Waals surface area contributed by atoms with E-state index in [2.05, 4.69) is 10.0 Å². The van der Waals surface area contributed by atoms with Crippen LogP contribution in [0.4, 0.5) is 5.69 Å². The molecule has 90 valence electrons. The van der Waals surface area contributed by atoms with Gasteiger partial charge in [0.25, 0.3) is 0 Å². The first-order valence-corrected chi connectivity index (χ1v) is 8.01. The Morgan fingerprint density at radius 3 is 2.88 bits per heavy atom. The first-order chi connectivity index (χ1) is 7.66. The molecule has 1 aliphatic rings. The van der Waals surface area contributed by atoms with E-state index in [1.54, 1.807) is 11.4 Å². The van der Waals surface area contributed by atoms with Crippen molar-refractivity contribution in [2.24, 2.45) is 0 Å². The maximum Gasteiger partial charge on any atom is 0.232 e. The normalized spacial score (nSPS) is 16.2.